The number of anilines is 6. The lowest BCUT2D eigenvalue weighted by Crippen LogP contribution is -2.61. The van der Waals surface area contributed by atoms with Crippen molar-refractivity contribution in [3.63, 3.8) is 0 Å². The van der Waals surface area contributed by atoms with Gasteiger partial charge in [0.25, 0.3) is 6.71 Å². The highest BCUT2D eigenvalue weighted by Gasteiger charge is 2.46. The van der Waals surface area contributed by atoms with E-state index in [0.29, 0.717) is 0 Å². The van der Waals surface area contributed by atoms with Crippen LogP contribution in [0.5, 0.6) is 0 Å². The monoisotopic (exact) mass is 992 g/mol. The van der Waals surface area contributed by atoms with Crippen molar-refractivity contribution >= 4 is 90.2 Å². The molecule has 0 atom stereocenters. The SMILES string of the molecule is C=C/C(=C(/C)C(=C)c1ccccc1C)c1cc(C)c(N2c3cc4c(cc3B3c5ccc(C(C)(C)C)cc5N(c5c(C)cc(C(C)(C)C)cc5C)c5cc(C(C)(C)C)cc2c53)c2ccccc2n4-c2ccccc2)c(C)c1. The molecular formula is C72H74BN3. The number of fused-ring (bicyclic) bond motifs is 7. The summed E-state index contributed by atoms with van der Waals surface area (Å²) in [6, 6.07) is 55.7. The summed E-state index contributed by atoms with van der Waals surface area (Å²) in [5, 5.41) is 2.50. The molecule has 0 radical (unpaired) electrons. The maximum absolute atomic E-state index is 4.66. The Bertz CT molecular complexity index is 3880. The molecule has 0 spiro atoms. The van der Waals surface area contributed by atoms with Gasteiger partial charge in [0.2, 0.25) is 0 Å². The Hall–Kier alpha value is -7.56. The summed E-state index contributed by atoms with van der Waals surface area (Å²) in [5.74, 6) is 0. The number of rotatable bonds is 7. The third kappa shape index (κ3) is 8.10. The molecule has 0 unspecified atom stereocenters. The third-order valence-electron chi connectivity index (χ3n) is 16.7. The number of para-hydroxylation sites is 2. The van der Waals surface area contributed by atoms with Gasteiger partial charge in [-0.2, -0.15) is 0 Å². The summed E-state index contributed by atoms with van der Waals surface area (Å²) in [4.78, 5) is 5.33. The van der Waals surface area contributed by atoms with Crippen molar-refractivity contribution in [2.24, 2.45) is 0 Å². The lowest BCUT2D eigenvalue weighted by atomic mass is 9.33. The standard InChI is InChI=1S/C72H74BN3/c1-18-55(48(7)49(8)56-29-23-22-26-43(56)2)50-34-44(3)68(45(4)35-50)76-64-42-62-58(57-30-24-25-31-61(57)74(62)54-27-20-19-21-28-54)41-60(64)73-59-33-32-51(70(9,10)11)38-63(59)75(65-39-53(72(15,16)17)40-66(76)67(65)73)69-46(5)36-52(37-47(69)6)71(12,13)14/h18-42H,1,8H2,2-7,9-17H3/b55-48+. The van der Waals surface area contributed by atoms with Crippen molar-refractivity contribution in [2.45, 2.75) is 120 Å². The topological polar surface area (TPSA) is 11.4 Å². The van der Waals surface area contributed by atoms with E-state index in [9.17, 15) is 0 Å². The minimum atomic E-state index is -0.176. The third-order valence-corrected chi connectivity index (χ3v) is 16.7. The van der Waals surface area contributed by atoms with Crippen LogP contribution < -0.4 is 26.2 Å². The maximum atomic E-state index is 4.66. The second kappa shape index (κ2) is 18.0. The minimum Gasteiger partial charge on any atom is -0.311 e. The van der Waals surface area contributed by atoms with Crippen LogP contribution in [-0.4, -0.2) is 11.3 Å². The zero-order chi connectivity index (χ0) is 54.1. The summed E-state index contributed by atoms with van der Waals surface area (Å²) in [7, 11) is 0. The quantitative estimate of drug-likeness (QED) is 0.116. The molecule has 2 aliphatic rings. The van der Waals surface area contributed by atoms with E-state index in [1.165, 1.54) is 117 Å². The van der Waals surface area contributed by atoms with Gasteiger partial charge in [0.15, 0.2) is 0 Å². The van der Waals surface area contributed by atoms with Crippen molar-refractivity contribution in [3.05, 3.63) is 226 Å². The molecule has 380 valence electrons. The van der Waals surface area contributed by atoms with Gasteiger partial charge in [0.1, 0.15) is 0 Å². The fraction of sp³-hybridized carbons (Fsp3) is 0.250. The van der Waals surface area contributed by atoms with Crippen molar-refractivity contribution in [2.75, 3.05) is 9.80 Å². The van der Waals surface area contributed by atoms with Gasteiger partial charge in [0, 0.05) is 39.2 Å². The van der Waals surface area contributed by atoms with Crippen molar-refractivity contribution in [3.8, 4) is 5.69 Å². The Labute approximate surface area is 454 Å². The fourth-order valence-electron chi connectivity index (χ4n) is 12.7. The predicted octanol–water partition coefficient (Wildman–Crippen LogP) is 18.0. The number of benzene rings is 8. The van der Waals surface area contributed by atoms with E-state index >= 15 is 0 Å². The highest BCUT2D eigenvalue weighted by molar-refractivity contribution is 7.00. The molecule has 76 heavy (non-hydrogen) atoms. The van der Waals surface area contributed by atoms with E-state index in [1.54, 1.807) is 0 Å². The highest BCUT2D eigenvalue weighted by atomic mass is 15.2. The van der Waals surface area contributed by atoms with Gasteiger partial charge in [-0.05, 0) is 201 Å². The van der Waals surface area contributed by atoms with Crippen LogP contribution in [0.25, 0.3) is 38.6 Å². The van der Waals surface area contributed by atoms with Crippen LogP contribution >= 0.6 is 0 Å². The first-order valence-electron chi connectivity index (χ1n) is 27.4. The van der Waals surface area contributed by atoms with E-state index in [0.717, 1.165) is 33.5 Å². The van der Waals surface area contributed by atoms with Gasteiger partial charge in [0.05, 0.1) is 22.4 Å². The molecule has 1 aromatic heterocycles. The summed E-state index contributed by atoms with van der Waals surface area (Å²) in [6.07, 6.45) is 2.02. The van der Waals surface area contributed by atoms with Crippen LogP contribution in [0.1, 0.15) is 125 Å². The van der Waals surface area contributed by atoms with Crippen LogP contribution in [-0.2, 0) is 16.2 Å². The molecule has 0 aliphatic carbocycles. The molecule has 3 nitrogen and oxygen atoms in total. The van der Waals surface area contributed by atoms with Crippen LogP contribution in [0.4, 0.5) is 34.1 Å². The molecule has 0 amide bonds. The maximum Gasteiger partial charge on any atom is 0.252 e. The number of nitrogens with zero attached hydrogens (tertiary/aromatic N) is 3. The average molecular weight is 992 g/mol. The highest BCUT2D eigenvalue weighted by Crippen LogP contribution is 2.51. The Morgan fingerprint density at radius 2 is 0.987 bits per heavy atom. The molecule has 9 aromatic rings. The van der Waals surface area contributed by atoms with Crippen LogP contribution in [0.15, 0.2) is 170 Å². The van der Waals surface area contributed by atoms with Crippen molar-refractivity contribution in [1.29, 1.82) is 0 Å². The largest absolute Gasteiger partial charge is 0.311 e. The molecule has 0 N–H and O–H groups in total. The molecule has 4 heteroatoms. The van der Waals surface area contributed by atoms with E-state index in [2.05, 4.69) is 277 Å². The van der Waals surface area contributed by atoms with E-state index in [-0.39, 0.29) is 23.0 Å². The van der Waals surface area contributed by atoms with E-state index in [4.69, 9.17) is 0 Å². The molecule has 0 saturated carbocycles. The van der Waals surface area contributed by atoms with Gasteiger partial charge in [-0.1, -0.05) is 173 Å². The van der Waals surface area contributed by atoms with Crippen molar-refractivity contribution < 1.29 is 0 Å². The van der Waals surface area contributed by atoms with Gasteiger partial charge in [-0.25, -0.2) is 0 Å². The molecule has 8 aromatic carbocycles. The smallest absolute Gasteiger partial charge is 0.252 e. The lowest BCUT2D eigenvalue weighted by Gasteiger charge is -2.46. The lowest BCUT2D eigenvalue weighted by molar-refractivity contribution is 0.588. The number of aromatic nitrogens is 1. The molecular weight excluding hydrogens is 918 g/mol. The minimum absolute atomic E-state index is 0.00392. The molecule has 0 fully saturated rings. The number of hydrogen-bond acceptors (Lipinski definition) is 2. The number of hydrogen-bond donors (Lipinski definition) is 0. The zero-order valence-electron chi connectivity index (χ0n) is 47.8. The van der Waals surface area contributed by atoms with Gasteiger partial charge >= 0.3 is 0 Å². The Balaban J connectivity index is 1.28. The predicted molar refractivity (Wildman–Crippen MR) is 333 cm³/mol. The van der Waals surface area contributed by atoms with Crippen molar-refractivity contribution in [1.82, 2.24) is 4.57 Å². The Morgan fingerprint density at radius 1 is 0.474 bits per heavy atom. The first-order chi connectivity index (χ1) is 36.0. The Kier molecular flexibility index (Phi) is 12.0. The first kappa shape index (κ1) is 50.6. The second-order valence-electron chi connectivity index (χ2n) is 25.1. The number of allylic oxidation sites excluding steroid dienone is 4. The summed E-state index contributed by atoms with van der Waals surface area (Å²) in [6.45, 7) is 43.8. The normalized spacial score (nSPS) is 13.7. The summed E-state index contributed by atoms with van der Waals surface area (Å²) < 4.78 is 2.47. The Morgan fingerprint density at radius 3 is 1.57 bits per heavy atom. The zero-order valence-corrected chi connectivity index (χ0v) is 47.8. The molecule has 0 bridgehead atoms. The van der Waals surface area contributed by atoms with Crippen LogP contribution in [0, 0.1) is 34.6 Å². The van der Waals surface area contributed by atoms with Crippen LogP contribution in [0.3, 0.4) is 0 Å². The van der Waals surface area contributed by atoms with E-state index < -0.39 is 0 Å². The van der Waals surface area contributed by atoms with E-state index in [1.807, 2.05) is 6.08 Å². The van der Waals surface area contributed by atoms with Gasteiger partial charge < -0.3 is 14.4 Å². The summed E-state index contributed by atoms with van der Waals surface area (Å²) in [5.41, 5.74) is 30.3. The fourth-order valence-corrected chi connectivity index (χ4v) is 12.7. The molecule has 3 heterocycles. The average Bonchev–Trinajstić information content (AvgIpc) is 3.82. The summed E-state index contributed by atoms with van der Waals surface area (Å²) >= 11 is 0. The molecule has 2 aliphatic heterocycles. The second-order valence-corrected chi connectivity index (χ2v) is 25.1. The first-order valence-corrected chi connectivity index (χ1v) is 27.4. The van der Waals surface area contributed by atoms with Crippen LogP contribution in [0.2, 0.25) is 0 Å². The molecule has 0 saturated heterocycles. The number of aryl methyl sites for hydroxylation is 5. The van der Waals surface area contributed by atoms with Gasteiger partial charge in [-0.3, -0.25) is 0 Å². The van der Waals surface area contributed by atoms with Gasteiger partial charge in [-0.15, -0.1) is 0 Å². The molecule has 11 rings (SSSR count).